The fraction of sp³-hybridized carbons (Fsp3) is 0.444. The lowest BCUT2D eigenvalue weighted by molar-refractivity contribution is -0.133. The van der Waals surface area contributed by atoms with Crippen LogP contribution in [0.25, 0.3) is 16.6 Å². The Morgan fingerprint density at radius 1 is 1.00 bits per heavy atom. The van der Waals surface area contributed by atoms with Crippen LogP contribution in [0.15, 0.2) is 53.3 Å². The van der Waals surface area contributed by atoms with E-state index in [2.05, 4.69) is 20.8 Å². The average Bonchev–Trinajstić information content (AvgIpc) is 2.82. The molecule has 0 aliphatic rings. The van der Waals surface area contributed by atoms with E-state index in [0.717, 1.165) is 37.8 Å². The van der Waals surface area contributed by atoms with Crippen molar-refractivity contribution in [1.29, 1.82) is 0 Å². The van der Waals surface area contributed by atoms with Gasteiger partial charge < -0.3 is 4.90 Å². The van der Waals surface area contributed by atoms with Crippen molar-refractivity contribution in [1.82, 2.24) is 14.5 Å². The summed E-state index contributed by atoms with van der Waals surface area (Å²) in [4.78, 5) is 33.5. The van der Waals surface area contributed by atoms with Crippen molar-refractivity contribution < 1.29 is 4.79 Å². The number of hydrogen-bond acceptors (Lipinski definition) is 3. The van der Waals surface area contributed by atoms with Gasteiger partial charge in [-0.25, -0.2) is 4.98 Å². The van der Waals surface area contributed by atoms with E-state index in [9.17, 15) is 9.59 Å². The van der Waals surface area contributed by atoms with Gasteiger partial charge in [-0.2, -0.15) is 0 Å². The van der Waals surface area contributed by atoms with Crippen LogP contribution in [0.3, 0.4) is 0 Å². The summed E-state index contributed by atoms with van der Waals surface area (Å²) in [5, 5.41) is 0.584. The van der Waals surface area contributed by atoms with Crippen LogP contribution >= 0.6 is 0 Å². The molecule has 0 saturated carbocycles. The molecule has 0 aliphatic carbocycles. The lowest BCUT2D eigenvalue weighted by atomic mass is 10.1. The molecular weight excluding hydrogens is 398 g/mol. The Labute approximate surface area is 191 Å². The largest absolute Gasteiger partial charge is 0.333 e. The highest BCUT2D eigenvalue weighted by Crippen LogP contribution is 2.24. The highest BCUT2D eigenvalue weighted by Gasteiger charge is 2.26. The van der Waals surface area contributed by atoms with Gasteiger partial charge in [-0.3, -0.25) is 14.2 Å². The molecule has 1 atom stereocenters. The molecule has 3 rings (SSSR count). The summed E-state index contributed by atoms with van der Waals surface area (Å²) >= 11 is 0. The van der Waals surface area contributed by atoms with Gasteiger partial charge in [-0.1, -0.05) is 57.9 Å². The first-order valence-electron chi connectivity index (χ1n) is 11.9. The molecule has 0 bridgehead atoms. The summed E-state index contributed by atoms with van der Waals surface area (Å²) in [7, 11) is 0. The second-order valence-corrected chi connectivity index (χ2v) is 8.37. The molecule has 0 radical (unpaired) electrons. The zero-order valence-electron chi connectivity index (χ0n) is 19.8. The summed E-state index contributed by atoms with van der Waals surface area (Å²) in [6.07, 6.45) is 5.22. The topological polar surface area (TPSA) is 55.2 Å². The van der Waals surface area contributed by atoms with Gasteiger partial charge in [0.2, 0.25) is 5.91 Å². The maximum Gasteiger partial charge on any atom is 0.266 e. The molecule has 1 heterocycles. The number of amides is 1. The van der Waals surface area contributed by atoms with Crippen molar-refractivity contribution in [3.05, 3.63) is 70.3 Å². The first-order valence-corrected chi connectivity index (χ1v) is 11.9. The normalized spacial score (nSPS) is 12.1. The molecule has 0 unspecified atom stereocenters. The highest BCUT2D eigenvalue weighted by atomic mass is 16.2. The fourth-order valence-corrected chi connectivity index (χ4v) is 4.03. The van der Waals surface area contributed by atoms with Gasteiger partial charge in [-0.05, 0) is 56.0 Å². The van der Waals surface area contributed by atoms with Crippen molar-refractivity contribution in [2.75, 3.05) is 6.54 Å². The van der Waals surface area contributed by atoms with E-state index in [1.807, 2.05) is 60.4 Å². The summed E-state index contributed by atoms with van der Waals surface area (Å²) in [6.45, 7) is 8.99. The second-order valence-electron chi connectivity index (χ2n) is 8.37. The van der Waals surface area contributed by atoms with Crippen molar-refractivity contribution in [3.8, 4) is 5.69 Å². The first-order chi connectivity index (χ1) is 15.5. The molecule has 0 fully saturated rings. The van der Waals surface area contributed by atoms with Crippen LogP contribution in [0.5, 0.6) is 0 Å². The summed E-state index contributed by atoms with van der Waals surface area (Å²) in [5.41, 5.74) is 2.56. The van der Waals surface area contributed by atoms with Crippen molar-refractivity contribution in [2.24, 2.45) is 0 Å². The lowest BCUT2D eigenvalue weighted by Gasteiger charge is -2.30. The third kappa shape index (κ3) is 5.09. The second kappa shape index (κ2) is 11.1. The third-order valence-corrected chi connectivity index (χ3v) is 6.06. The average molecular weight is 434 g/mol. The maximum atomic E-state index is 13.6. The molecule has 32 heavy (non-hydrogen) atoms. The minimum atomic E-state index is -0.311. The predicted molar refractivity (Wildman–Crippen MR) is 131 cm³/mol. The van der Waals surface area contributed by atoms with Crippen molar-refractivity contribution in [3.63, 3.8) is 0 Å². The molecule has 0 saturated heterocycles. The maximum absolute atomic E-state index is 13.6. The van der Waals surface area contributed by atoms with Crippen LogP contribution in [-0.4, -0.2) is 26.9 Å². The van der Waals surface area contributed by atoms with E-state index in [1.54, 1.807) is 4.57 Å². The van der Waals surface area contributed by atoms with Crippen molar-refractivity contribution >= 4 is 16.8 Å². The van der Waals surface area contributed by atoms with Gasteiger partial charge in [-0.15, -0.1) is 0 Å². The molecule has 170 valence electrons. The standard InChI is InChI=1S/C27H35N3O2/c1-5-8-14-25(31)29(19-9-6-2)20(4)26-28-24-13-11-10-12-23(24)27(32)30(26)22-17-15-21(7-3)16-18-22/h10-13,15-18,20H,5-9,14,19H2,1-4H3/t20-/m0/s1. The number of unbranched alkanes of at least 4 members (excludes halogenated alkanes) is 2. The van der Waals surface area contributed by atoms with E-state index in [4.69, 9.17) is 4.98 Å². The van der Waals surface area contributed by atoms with Gasteiger partial charge in [0.25, 0.3) is 5.56 Å². The zero-order chi connectivity index (χ0) is 23.1. The van der Waals surface area contributed by atoms with Crippen LogP contribution in [0.1, 0.15) is 77.2 Å². The molecule has 0 spiro atoms. The SMILES string of the molecule is CCCCC(=O)N(CCCC)[C@@H](C)c1nc2ccccc2c(=O)n1-c1ccc(CC)cc1. The lowest BCUT2D eigenvalue weighted by Crippen LogP contribution is -2.38. The Balaban J connectivity index is 2.17. The number of carbonyl (C=O) groups excluding carboxylic acids is 1. The molecule has 5 nitrogen and oxygen atoms in total. The molecule has 1 amide bonds. The van der Waals surface area contributed by atoms with Gasteiger partial charge >= 0.3 is 0 Å². The van der Waals surface area contributed by atoms with Gasteiger partial charge in [0.15, 0.2) is 0 Å². The van der Waals surface area contributed by atoms with Gasteiger partial charge in [0, 0.05) is 13.0 Å². The van der Waals surface area contributed by atoms with E-state index in [0.29, 0.717) is 29.7 Å². The van der Waals surface area contributed by atoms with E-state index >= 15 is 0 Å². The number of rotatable bonds is 10. The number of fused-ring (bicyclic) bond motifs is 1. The first kappa shape index (κ1) is 23.7. The molecule has 2 aromatic carbocycles. The molecule has 5 heteroatoms. The molecule has 3 aromatic rings. The fourth-order valence-electron chi connectivity index (χ4n) is 4.03. The number of nitrogens with zero attached hydrogens (tertiary/aromatic N) is 3. The molecule has 1 aromatic heterocycles. The smallest absolute Gasteiger partial charge is 0.266 e. The van der Waals surface area contributed by atoms with Gasteiger partial charge in [0.05, 0.1) is 22.6 Å². The Bertz CT molecular complexity index is 1100. The Hall–Kier alpha value is -2.95. The Morgan fingerprint density at radius 2 is 1.69 bits per heavy atom. The zero-order valence-corrected chi connectivity index (χ0v) is 19.8. The Morgan fingerprint density at radius 3 is 2.34 bits per heavy atom. The number of aryl methyl sites for hydroxylation is 1. The number of aromatic nitrogens is 2. The van der Waals surface area contributed by atoms with Crippen LogP contribution in [0.4, 0.5) is 0 Å². The highest BCUT2D eigenvalue weighted by molar-refractivity contribution is 5.79. The number of benzene rings is 2. The van der Waals surface area contributed by atoms with Gasteiger partial charge in [0.1, 0.15) is 5.82 Å². The molecule has 0 aliphatic heterocycles. The molecule has 0 N–H and O–H groups in total. The predicted octanol–water partition coefficient (Wildman–Crippen LogP) is 5.83. The summed E-state index contributed by atoms with van der Waals surface area (Å²) in [5.74, 6) is 0.738. The molecular formula is C27H35N3O2. The van der Waals surface area contributed by atoms with E-state index in [-0.39, 0.29) is 17.5 Å². The van der Waals surface area contributed by atoms with E-state index in [1.165, 1.54) is 5.56 Å². The number of carbonyl (C=O) groups is 1. The number of hydrogen-bond donors (Lipinski definition) is 0. The van der Waals surface area contributed by atoms with E-state index < -0.39 is 0 Å². The quantitative estimate of drug-likeness (QED) is 0.404. The Kier molecular flexibility index (Phi) is 8.20. The minimum absolute atomic E-state index is 0.0989. The minimum Gasteiger partial charge on any atom is -0.333 e. The third-order valence-electron chi connectivity index (χ3n) is 6.06. The number of para-hydroxylation sites is 1. The van der Waals surface area contributed by atoms with Crippen LogP contribution < -0.4 is 5.56 Å². The van der Waals surface area contributed by atoms with Crippen molar-refractivity contribution in [2.45, 2.75) is 72.3 Å². The van der Waals surface area contributed by atoms with Crippen LogP contribution in [0, 0.1) is 0 Å². The summed E-state index contributed by atoms with van der Waals surface area (Å²) < 4.78 is 1.69. The monoisotopic (exact) mass is 433 g/mol. The van der Waals surface area contributed by atoms with Crippen LogP contribution in [-0.2, 0) is 11.2 Å². The van der Waals surface area contributed by atoms with Crippen LogP contribution in [0.2, 0.25) is 0 Å². The summed E-state index contributed by atoms with van der Waals surface area (Å²) in [6, 6.07) is 15.2.